The van der Waals surface area contributed by atoms with Crippen LogP contribution >= 0.6 is 0 Å². The third-order valence-electron chi connectivity index (χ3n) is 6.49. The number of hydrogen-bond donors (Lipinski definition) is 1. The Kier molecular flexibility index (Phi) is 14.0. The molecule has 0 heterocycles. The van der Waals surface area contributed by atoms with Gasteiger partial charge in [-0.25, -0.2) is 0 Å². The molecule has 0 aliphatic heterocycles. The fraction of sp³-hybridized carbons (Fsp3) is 0.667. The summed E-state index contributed by atoms with van der Waals surface area (Å²) in [6.45, 7) is 20.1. The Morgan fingerprint density at radius 1 is 0.750 bits per heavy atom. The second kappa shape index (κ2) is 15.6. The number of hydrogen-bond acceptors (Lipinski definition) is 5. The topological polar surface area (TPSA) is 57.2 Å². The zero-order valence-electron chi connectivity index (χ0n) is 24.2. The first-order valence-corrected chi connectivity index (χ1v) is 15.2. The van der Waals surface area contributed by atoms with Crippen molar-refractivity contribution >= 4 is 8.07 Å². The van der Waals surface area contributed by atoms with E-state index in [1.165, 1.54) is 0 Å². The summed E-state index contributed by atoms with van der Waals surface area (Å²) >= 11 is 0. The van der Waals surface area contributed by atoms with Gasteiger partial charge in [-0.15, -0.1) is 5.54 Å². The molecule has 0 radical (unpaired) electrons. The van der Waals surface area contributed by atoms with Crippen molar-refractivity contribution in [2.45, 2.75) is 90.8 Å². The summed E-state index contributed by atoms with van der Waals surface area (Å²) in [5.41, 5.74) is 8.06. The van der Waals surface area contributed by atoms with Gasteiger partial charge in [-0.05, 0) is 53.7 Å². The van der Waals surface area contributed by atoms with E-state index < -0.39 is 13.7 Å². The SMILES string of the molecule is COCCOCc1cc(C#C[Si](C(C)C)(C(C)C)C(C)C)c(COCCOC)cc1C#CC(C)(C)O. The lowest BCUT2D eigenvalue weighted by Crippen LogP contribution is -2.43. The molecule has 0 saturated carbocycles. The van der Waals surface area contributed by atoms with Crippen LogP contribution in [0.2, 0.25) is 16.6 Å². The molecule has 0 saturated heterocycles. The van der Waals surface area contributed by atoms with E-state index in [1.807, 2.05) is 6.07 Å². The Bertz CT molecular complexity index is 901. The van der Waals surface area contributed by atoms with Crippen molar-refractivity contribution in [2.24, 2.45) is 0 Å². The first-order chi connectivity index (χ1) is 16.9. The van der Waals surface area contributed by atoms with Crippen LogP contribution in [0, 0.1) is 23.3 Å². The van der Waals surface area contributed by atoms with E-state index in [0.717, 1.165) is 22.3 Å². The quantitative estimate of drug-likeness (QED) is 0.207. The van der Waals surface area contributed by atoms with Crippen molar-refractivity contribution in [1.82, 2.24) is 0 Å². The van der Waals surface area contributed by atoms with Gasteiger partial charge < -0.3 is 24.1 Å². The van der Waals surface area contributed by atoms with Gasteiger partial charge in [0.25, 0.3) is 0 Å². The Labute approximate surface area is 221 Å². The van der Waals surface area contributed by atoms with Gasteiger partial charge in [0.15, 0.2) is 0 Å². The number of ether oxygens (including phenoxy) is 4. The average molecular weight is 517 g/mol. The molecule has 0 fully saturated rings. The van der Waals surface area contributed by atoms with Crippen molar-refractivity contribution in [2.75, 3.05) is 40.6 Å². The zero-order valence-corrected chi connectivity index (χ0v) is 25.2. The van der Waals surface area contributed by atoms with Gasteiger partial charge in [0.05, 0.1) is 39.6 Å². The molecule has 1 aromatic rings. The van der Waals surface area contributed by atoms with Crippen LogP contribution in [0.1, 0.15) is 77.6 Å². The minimum atomic E-state index is -1.92. The lowest BCUT2D eigenvalue weighted by molar-refractivity contribution is 0.0604. The van der Waals surface area contributed by atoms with Crippen molar-refractivity contribution in [3.63, 3.8) is 0 Å². The van der Waals surface area contributed by atoms with Crippen molar-refractivity contribution in [1.29, 1.82) is 0 Å². The van der Waals surface area contributed by atoms with E-state index in [9.17, 15) is 5.11 Å². The first-order valence-electron chi connectivity index (χ1n) is 13.0. The fourth-order valence-corrected chi connectivity index (χ4v) is 9.86. The lowest BCUT2D eigenvalue weighted by Gasteiger charge is -2.38. The summed E-state index contributed by atoms with van der Waals surface area (Å²) in [7, 11) is 1.41. The standard InChI is InChI=1S/C30H48O5Si/c1-23(2)36(24(3)4,25(5)6)18-12-27-20-28(21-34-16-14-32-9)26(11-13-30(7,8)31)19-29(27)22-35-17-15-33-10/h19-20,23-25,31H,14-17,21-22H2,1-10H3. The third-order valence-corrected chi connectivity index (χ3v) is 12.8. The van der Waals surface area contributed by atoms with Crippen LogP contribution in [0.15, 0.2) is 12.1 Å². The van der Waals surface area contributed by atoms with E-state index in [0.29, 0.717) is 56.3 Å². The molecule has 1 N–H and O–H groups in total. The van der Waals surface area contributed by atoms with E-state index in [-0.39, 0.29) is 0 Å². The summed E-state index contributed by atoms with van der Waals surface area (Å²) in [6, 6.07) is 4.12. The first kappa shape index (κ1) is 32.4. The zero-order chi connectivity index (χ0) is 27.4. The molecular weight excluding hydrogens is 468 g/mol. The second-order valence-corrected chi connectivity index (χ2v) is 16.3. The number of benzene rings is 1. The number of aliphatic hydroxyl groups is 1. The molecule has 6 heteroatoms. The van der Waals surface area contributed by atoms with Gasteiger partial charge in [0.2, 0.25) is 0 Å². The highest BCUT2D eigenvalue weighted by Crippen LogP contribution is 2.40. The molecule has 1 rings (SSSR count). The molecule has 1 aromatic carbocycles. The molecule has 0 spiro atoms. The maximum Gasteiger partial charge on any atom is 0.146 e. The third kappa shape index (κ3) is 10.0. The fourth-order valence-electron chi connectivity index (χ4n) is 4.64. The van der Waals surface area contributed by atoms with Crippen LogP contribution in [0.25, 0.3) is 0 Å². The number of methoxy groups -OCH3 is 2. The van der Waals surface area contributed by atoms with Gasteiger partial charge in [-0.3, -0.25) is 0 Å². The summed E-state index contributed by atoms with van der Waals surface area (Å²) in [5.74, 6) is 9.70. The normalized spacial score (nSPS) is 12.1. The summed E-state index contributed by atoms with van der Waals surface area (Å²) in [6.07, 6.45) is 0. The second-order valence-electron chi connectivity index (χ2n) is 10.7. The Morgan fingerprint density at radius 3 is 1.53 bits per heavy atom. The maximum atomic E-state index is 10.2. The van der Waals surface area contributed by atoms with E-state index in [2.05, 4.69) is 70.9 Å². The highest BCUT2D eigenvalue weighted by molar-refractivity contribution is 6.90. The minimum absolute atomic E-state index is 0.389. The van der Waals surface area contributed by atoms with Crippen molar-refractivity contribution in [3.05, 3.63) is 34.4 Å². The lowest BCUT2D eigenvalue weighted by atomic mass is 9.98. The van der Waals surface area contributed by atoms with E-state index in [4.69, 9.17) is 18.9 Å². The molecule has 0 unspecified atom stereocenters. The van der Waals surface area contributed by atoms with Gasteiger partial charge in [0, 0.05) is 25.3 Å². The van der Waals surface area contributed by atoms with Gasteiger partial charge >= 0.3 is 0 Å². The Morgan fingerprint density at radius 2 is 1.17 bits per heavy atom. The van der Waals surface area contributed by atoms with Gasteiger partial charge in [0.1, 0.15) is 13.7 Å². The predicted molar refractivity (Wildman–Crippen MR) is 151 cm³/mol. The molecule has 0 bridgehead atoms. The summed E-state index contributed by atoms with van der Waals surface area (Å²) in [5, 5.41) is 10.2. The molecule has 5 nitrogen and oxygen atoms in total. The van der Waals surface area contributed by atoms with E-state index >= 15 is 0 Å². The van der Waals surface area contributed by atoms with Crippen LogP contribution in [-0.2, 0) is 32.2 Å². The smallest absolute Gasteiger partial charge is 0.146 e. The highest BCUT2D eigenvalue weighted by Gasteiger charge is 2.41. The summed E-state index contributed by atoms with van der Waals surface area (Å²) < 4.78 is 22.0. The van der Waals surface area contributed by atoms with Crippen molar-refractivity contribution < 1.29 is 24.1 Å². The van der Waals surface area contributed by atoms with Crippen LogP contribution in [0.3, 0.4) is 0 Å². The molecule has 0 amide bonds. The van der Waals surface area contributed by atoms with Crippen LogP contribution in [-0.4, -0.2) is 59.4 Å². The molecule has 0 aliphatic rings. The van der Waals surface area contributed by atoms with E-state index in [1.54, 1.807) is 28.1 Å². The predicted octanol–water partition coefficient (Wildman–Crippen LogP) is 5.70. The van der Waals surface area contributed by atoms with Crippen LogP contribution in [0.4, 0.5) is 0 Å². The summed E-state index contributed by atoms with van der Waals surface area (Å²) in [4.78, 5) is 0. The molecule has 0 atom stereocenters. The molecule has 0 aromatic heterocycles. The van der Waals surface area contributed by atoms with Crippen LogP contribution in [0.5, 0.6) is 0 Å². The van der Waals surface area contributed by atoms with Crippen LogP contribution < -0.4 is 0 Å². The molecular formula is C30H48O5Si. The Balaban J connectivity index is 3.67. The highest BCUT2D eigenvalue weighted by atomic mass is 28.3. The van der Waals surface area contributed by atoms with Crippen molar-refractivity contribution in [3.8, 4) is 23.3 Å². The molecule has 202 valence electrons. The minimum Gasteiger partial charge on any atom is -0.382 e. The molecule has 0 aliphatic carbocycles. The molecule has 36 heavy (non-hydrogen) atoms. The van der Waals surface area contributed by atoms with Gasteiger partial charge in [-0.1, -0.05) is 59.3 Å². The monoisotopic (exact) mass is 516 g/mol. The van der Waals surface area contributed by atoms with Gasteiger partial charge in [-0.2, -0.15) is 0 Å². The average Bonchev–Trinajstić information content (AvgIpc) is 2.78. The Hall–Kier alpha value is -1.64. The largest absolute Gasteiger partial charge is 0.382 e. The number of rotatable bonds is 13. The maximum absolute atomic E-state index is 10.2.